The van der Waals surface area contributed by atoms with E-state index in [1.165, 1.54) is 7.11 Å². The van der Waals surface area contributed by atoms with E-state index in [-0.39, 0.29) is 25.0 Å². The predicted molar refractivity (Wildman–Crippen MR) is 61.8 cm³/mol. The Labute approximate surface area is 106 Å². The van der Waals surface area contributed by atoms with E-state index in [9.17, 15) is 14.4 Å². The lowest BCUT2D eigenvalue weighted by Crippen LogP contribution is -2.39. The minimum atomic E-state index is -0.581. The SMILES string of the molecule is COC(=O)CCCN(C)CC(=O)N1CCOC1=O. The highest BCUT2D eigenvalue weighted by molar-refractivity contribution is 5.93. The maximum atomic E-state index is 11.7. The molecule has 0 aromatic rings. The van der Waals surface area contributed by atoms with Gasteiger partial charge in [-0.2, -0.15) is 0 Å². The number of carbonyl (C=O) groups excluding carboxylic acids is 3. The fourth-order valence-electron chi connectivity index (χ4n) is 1.61. The molecule has 2 amide bonds. The molecule has 0 atom stereocenters. The zero-order chi connectivity index (χ0) is 13.5. The van der Waals surface area contributed by atoms with E-state index in [1.54, 1.807) is 11.9 Å². The van der Waals surface area contributed by atoms with E-state index in [2.05, 4.69) is 9.47 Å². The van der Waals surface area contributed by atoms with Crippen molar-refractivity contribution in [3.05, 3.63) is 0 Å². The van der Waals surface area contributed by atoms with Crippen LogP contribution in [0.2, 0.25) is 0 Å². The molecule has 0 aliphatic carbocycles. The molecule has 1 saturated heterocycles. The van der Waals surface area contributed by atoms with Gasteiger partial charge in [-0.3, -0.25) is 14.5 Å². The van der Waals surface area contributed by atoms with Crippen LogP contribution in [0.25, 0.3) is 0 Å². The van der Waals surface area contributed by atoms with Gasteiger partial charge in [0.25, 0.3) is 0 Å². The Hall–Kier alpha value is -1.63. The average Bonchev–Trinajstić information content (AvgIpc) is 2.75. The molecule has 18 heavy (non-hydrogen) atoms. The molecule has 7 heteroatoms. The van der Waals surface area contributed by atoms with Crippen LogP contribution in [0.5, 0.6) is 0 Å². The van der Waals surface area contributed by atoms with Crippen LogP contribution in [-0.2, 0) is 19.1 Å². The first-order valence-electron chi connectivity index (χ1n) is 5.77. The quantitative estimate of drug-likeness (QED) is 0.617. The summed E-state index contributed by atoms with van der Waals surface area (Å²) in [6.07, 6.45) is 0.352. The number of nitrogens with zero attached hydrogens (tertiary/aromatic N) is 2. The summed E-state index contributed by atoms with van der Waals surface area (Å²) in [7, 11) is 3.10. The van der Waals surface area contributed by atoms with Crippen LogP contribution < -0.4 is 0 Å². The Bertz CT molecular complexity index is 331. The van der Waals surface area contributed by atoms with E-state index >= 15 is 0 Å². The van der Waals surface area contributed by atoms with Gasteiger partial charge < -0.3 is 9.47 Å². The summed E-state index contributed by atoms with van der Waals surface area (Å²) in [6.45, 7) is 1.30. The average molecular weight is 258 g/mol. The van der Waals surface area contributed by atoms with Gasteiger partial charge in [0.15, 0.2) is 0 Å². The number of hydrogen-bond acceptors (Lipinski definition) is 6. The molecule has 7 nitrogen and oxygen atoms in total. The molecule has 1 fully saturated rings. The molecule has 0 bridgehead atoms. The van der Waals surface area contributed by atoms with Crippen LogP contribution in [0.1, 0.15) is 12.8 Å². The second-order valence-electron chi connectivity index (χ2n) is 4.08. The molecule has 0 aromatic heterocycles. The van der Waals surface area contributed by atoms with Crippen molar-refractivity contribution in [2.24, 2.45) is 0 Å². The third-order valence-electron chi connectivity index (χ3n) is 2.62. The van der Waals surface area contributed by atoms with Crippen molar-refractivity contribution < 1.29 is 23.9 Å². The minimum Gasteiger partial charge on any atom is -0.469 e. The number of cyclic esters (lactones) is 1. The van der Waals surface area contributed by atoms with Gasteiger partial charge in [-0.25, -0.2) is 9.69 Å². The third-order valence-corrected chi connectivity index (χ3v) is 2.62. The van der Waals surface area contributed by atoms with Crippen LogP contribution in [0.4, 0.5) is 4.79 Å². The van der Waals surface area contributed by atoms with Gasteiger partial charge in [-0.05, 0) is 20.0 Å². The van der Waals surface area contributed by atoms with Crippen molar-refractivity contribution in [1.82, 2.24) is 9.80 Å². The molecule has 0 spiro atoms. The number of imide groups is 1. The topological polar surface area (TPSA) is 76.2 Å². The fourth-order valence-corrected chi connectivity index (χ4v) is 1.61. The highest BCUT2D eigenvalue weighted by Crippen LogP contribution is 2.04. The van der Waals surface area contributed by atoms with Gasteiger partial charge in [0.05, 0.1) is 20.2 Å². The summed E-state index contributed by atoms with van der Waals surface area (Å²) in [5.41, 5.74) is 0. The van der Waals surface area contributed by atoms with Crippen LogP contribution >= 0.6 is 0 Å². The normalized spacial score (nSPS) is 14.8. The van der Waals surface area contributed by atoms with E-state index in [0.717, 1.165) is 4.90 Å². The zero-order valence-corrected chi connectivity index (χ0v) is 10.7. The second-order valence-corrected chi connectivity index (χ2v) is 4.08. The molecule has 102 valence electrons. The Balaban J connectivity index is 2.23. The number of hydrogen-bond donors (Lipinski definition) is 0. The largest absolute Gasteiger partial charge is 0.469 e. The molecule has 1 aliphatic heterocycles. The molecule has 1 aliphatic rings. The molecular weight excluding hydrogens is 240 g/mol. The number of ether oxygens (including phenoxy) is 2. The van der Waals surface area contributed by atoms with Crippen molar-refractivity contribution in [2.45, 2.75) is 12.8 Å². The maximum Gasteiger partial charge on any atom is 0.416 e. The van der Waals surface area contributed by atoms with E-state index in [4.69, 9.17) is 0 Å². The Kier molecular flexibility index (Phi) is 5.57. The van der Waals surface area contributed by atoms with E-state index < -0.39 is 6.09 Å². The Morgan fingerprint density at radius 3 is 2.78 bits per heavy atom. The van der Waals surface area contributed by atoms with Crippen LogP contribution in [0, 0.1) is 0 Å². The summed E-state index contributed by atoms with van der Waals surface area (Å²) in [4.78, 5) is 36.6. The number of esters is 1. The number of likely N-dealkylation sites (N-methyl/N-ethyl adjacent to an activating group) is 1. The van der Waals surface area contributed by atoms with Gasteiger partial charge in [0, 0.05) is 6.42 Å². The summed E-state index contributed by atoms with van der Waals surface area (Å²) in [5.74, 6) is -0.545. The van der Waals surface area contributed by atoms with Crippen molar-refractivity contribution in [2.75, 3.05) is 40.4 Å². The number of methoxy groups -OCH3 is 1. The molecular formula is C11H18N2O5. The van der Waals surface area contributed by atoms with Gasteiger partial charge in [-0.1, -0.05) is 0 Å². The first kappa shape index (κ1) is 14.4. The lowest BCUT2D eigenvalue weighted by molar-refractivity contribution is -0.140. The number of rotatable bonds is 6. The summed E-state index contributed by atoms with van der Waals surface area (Å²) < 4.78 is 9.20. The first-order valence-corrected chi connectivity index (χ1v) is 5.77. The van der Waals surface area contributed by atoms with E-state index in [1.807, 2.05) is 0 Å². The Morgan fingerprint density at radius 2 is 2.22 bits per heavy atom. The lowest BCUT2D eigenvalue weighted by atomic mass is 10.3. The summed E-state index contributed by atoms with van der Waals surface area (Å²) >= 11 is 0. The Morgan fingerprint density at radius 1 is 1.50 bits per heavy atom. The minimum absolute atomic E-state index is 0.135. The monoisotopic (exact) mass is 258 g/mol. The smallest absolute Gasteiger partial charge is 0.416 e. The van der Waals surface area contributed by atoms with E-state index in [0.29, 0.717) is 25.9 Å². The van der Waals surface area contributed by atoms with Crippen molar-refractivity contribution in [3.63, 3.8) is 0 Å². The zero-order valence-electron chi connectivity index (χ0n) is 10.7. The van der Waals surface area contributed by atoms with Crippen LogP contribution in [0.15, 0.2) is 0 Å². The highest BCUT2D eigenvalue weighted by Gasteiger charge is 2.28. The maximum absolute atomic E-state index is 11.7. The van der Waals surface area contributed by atoms with Crippen molar-refractivity contribution >= 4 is 18.0 Å². The van der Waals surface area contributed by atoms with Crippen molar-refractivity contribution in [3.8, 4) is 0 Å². The number of carbonyl (C=O) groups is 3. The lowest BCUT2D eigenvalue weighted by Gasteiger charge is -2.18. The van der Waals surface area contributed by atoms with Gasteiger partial charge in [0.2, 0.25) is 5.91 Å². The molecule has 1 heterocycles. The predicted octanol–water partition coefficient (Wildman–Crippen LogP) is -0.150. The molecule has 0 unspecified atom stereocenters. The standard InChI is InChI=1S/C11H18N2O5/c1-12(5-3-4-10(15)17-2)8-9(14)13-6-7-18-11(13)16/h3-8H2,1-2H3. The summed E-state index contributed by atoms with van der Waals surface area (Å²) in [5, 5.41) is 0. The second kappa shape index (κ2) is 6.95. The third kappa shape index (κ3) is 4.33. The highest BCUT2D eigenvalue weighted by atomic mass is 16.6. The first-order chi connectivity index (χ1) is 8.54. The van der Waals surface area contributed by atoms with Crippen molar-refractivity contribution in [1.29, 1.82) is 0 Å². The van der Waals surface area contributed by atoms with Gasteiger partial charge in [0.1, 0.15) is 6.61 Å². The molecule has 0 saturated carbocycles. The van der Waals surface area contributed by atoms with Crippen LogP contribution in [-0.4, -0.2) is 68.2 Å². The van der Waals surface area contributed by atoms with Gasteiger partial charge in [-0.15, -0.1) is 0 Å². The van der Waals surface area contributed by atoms with Gasteiger partial charge >= 0.3 is 12.1 Å². The number of amides is 2. The molecule has 0 radical (unpaired) electrons. The molecule has 0 N–H and O–H groups in total. The molecule has 0 aromatic carbocycles. The van der Waals surface area contributed by atoms with Crippen LogP contribution in [0.3, 0.4) is 0 Å². The molecule has 1 rings (SSSR count). The fraction of sp³-hybridized carbons (Fsp3) is 0.727. The summed E-state index contributed by atoms with van der Waals surface area (Å²) in [6, 6.07) is 0.